The van der Waals surface area contributed by atoms with E-state index in [1.807, 2.05) is 34.9 Å². The molecule has 5 heteroatoms. The Kier molecular flexibility index (Phi) is 4.31. The molecule has 1 aromatic carbocycles. The molecule has 1 atom stereocenters. The van der Waals surface area contributed by atoms with Gasteiger partial charge in [0.25, 0.3) is 5.91 Å². The lowest BCUT2D eigenvalue weighted by molar-refractivity contribution is 0.0700. The molecule has 1 fully saturated rings. The van der Waals surface area contributed by atoms with Gasteiger partial charge in [-0.05, 0) is 11.6 Å². The van der Waals surface area contributed by atoms with Crippen molar-refractivity contribution < 1.29 is 9.21 Å². The fourth-order valence-electron chi connectivity index (χ4n) is 2.56. The second-order valence-corrected chi connectivity index (χ2v) is 6.16. The van der Waals surface area contributed by atoms with Gasteiger partial charge in [-0.1, -0.05) is 30.3 Å². The highest BCUT2D eigenvalue weighted by atomic mass is 32.2. The fourth-order valence-corrected chi connectivity index (χ4v) is 3.65. The highest BCUT2D eigenvalue weighted by Crippen LogP contribution is 2.30. The molecule has 3 rings (SSSR count). The van der Waals surface area contributed by atoms with Crippen LogP contribution >= 0.6 is 11.8 Å². The highest BCUT2D eigenvalue weighted by molar-refractivity contribution is 7.99. The summed E-state index contributed by atoms with van der Waals surface area (Å²) in [4.78, 5) is 14.7. The summed E-state index contributed by atoms with van der Waals surface area (Å²) in [6, 6.07) is 12.0. The van der Waals surface area contributed by atoms with E-state index in [2.05, 4.69) is 12.1 Å². The lowest BCUT2D eigenvalue weighted by Crippen LogP contribution is -2.40. The predicted octanol–water partition coefficient (Wildman–Crippen LogP) is 2.67. The van der Waals surface area contributed by atoms with Crippen molar-refractivity contribution in [3.8, 4) is 0 Å². The van der Waals surface area contributed by atoms with E-state index >= 15 is 0 Å². The van der Waals surface area contributed by atoms with E-state index in [-0.39, 0.29) is 11.9 Å². The average Bonchev–Trinajstić information content (AvgIpc) is 3.04. The Balaban J connectivity index is 1.85. The number of carbonyl (C=O) groups excluding carboxylic acids is 1. The Morgan fingerprint density at radius 1 is 1.38 bits per heavy atom. The quantitative estimate of drug-likeness (QED) is 0.947. The standard InChI is InChI=1S/C16H18N2O2S/c17-9-14-8-13(10-20-14)16(19)18-6-7-21-11-15(18)12-4-2-1-3-5-12/h1-5,8,10,15H,6-7,9,11,17H2. The number of nitrogens with zero attached hydrogens (tertiary/aromatic N) is 1. The van der Waals surface area contributed by atoms with E-state index in [9.17, 15) is 4.79 Å². The molecule has 4 nitrogen and oxygen atoms in total. The molecule has 21 heavy (non-hydrogen) atoms. The van der Waals surface area contributed by atoms with E-state index in [1.165, 1.54) is 11.8 Å². The third-order valence-electron chi connectivity index (χ3n) is 3.68. The molecular weight excluding hydrogens is 284 g/mol. The van der Waals surface area contributed by atoms with Crippen molar-refractivity contribution >= 4 is 17.7 Å². The molecule has 1 aliphatic heterocycles. The number of carbonyl (C=O) groups is 1. The summed E-state index contributed by atoms with van der Waals surface area (Å²) in [7, 11) is 0. The van der Waals surface area contributed by atoms with E-state index in [0.717, 1.165) is 18.1 Å². The number of benzene rings is 1. The molecule has 0 saturated carbocycles. The van der Waals surface area contributed by atoms with Crippen LogP contribution in [-0.2, 0) is 6.54 Å². The molecule has 1 amide bonds. The second kappa shape index (κ2) is 6.37. The van der Waals surface area contributed by atoms with Crippen molar-refractivity contribution in [2.75, 3.05) is 18.1 Å². The molecule has 1 saturated heterocycles. The molecule has 1 unspecified atom stereocenters. The van der Waals surface area contributed by atoms with Crippen LogP contribution in [0, 0.1) is 0 Å². The summed E-state index contributed by atoms with van der Waals surface area (Å²) >= 11 is 1.89. The molecule has 2 N–H and O–H groups in total. The van der Waals surface area contributed by atoms with E-state index in [4.69, 9.17) is 10.2 Å². The first-order valence-corrected chi connectivity index (χ1v) is 8.16. The first kappa shape index (κ1) is 14.2. The summed E-state index contributed by atoms with van der Waals surface area (Å²) in [6.45, 7) is 1.07. The van der Waals surface area contributed by atoms with Crippen LogP contribution in [0.4, 0.5) is 0 Å². The second-order valence-electron chi connectivity index (χ2n) is 5.01. The van der Waals surface area contributed by atoms with Crippen LogP contribution in [0.3, 0.4) is 0 Å². The molecule has 0 spiro atoms. The van der Waals surface area contributed by atoms with Crippen molar-refractivity contribution in [3.05, 3.63) is 59.5 Å². The maximum Gasteiger partial charge on any atom is 0.257 e. The zero-order valence-corrected chi connectivity index (χ0v) is 12.5. The largest absolute Gasteiger partial charge is 0.467 e. The number of nitrogens with two attached hydrogens (primary N) is 1. The molecule has 1 aromatic heterocycles. The summed E-state index contributed by atoms with van der Waals surface area (Å²) in [5.74, 6) is 2.56. The van der Waals surface area contributed by atoms with Gasteiger partial charge in [0.05, 0.1) is 18.2 Å². The molecule has 2 heterocycles. The highest BCUT2D eigenvalue weighted by Gasteiger charge is 2.29. The number of amides is 1. The molecular formula is C16H18N2O2S. The van der Waals surface area contributed by atoms with Gasteiger partial charge in [0.1, 0.15) is 12.0 Å². The van der Waals surface area contributed by atoms with E-state index in [0.29, 0.717) is 17.9 Å². The zero-order chi connectivity index (χ0) is 14.7. The summed E-state index contributed by atoms with van der Waals surface area (Å²) in [5.41, 5.74) is 7.31. The normalized spacial score (nSPS) is 18.7. The third-order valence-corrected chi connectivity index (χ3v) is 4.70. The lowest BCUT2D eigenvalue weighted by Gasteiger charge is -2.35. The zero-order valence-electron chi connectivity index (χ0n) is 11.7. The Labute approximate surface area is 128 Å². The van der Waals surface area contributed by atoms with Crippen LogP contribution in [0.1, 0.15) is 27.7 Å². The van der Waals surface area contributed by atoms with Crippen LogP contribution in [0.5, 0.6) is 0 Å². The maximum absolute atomic E-state index is 12.7. The number of furan rings is 1. The minimum Gasteiger partial charge on any atom is -0.467 e. The number of hydrogen-bond acceptors (Lipinski definition) is 4. The van der Waals surface area contributed by atoms with E-state index < -0.39 is 0 Å². The lowest BCUT2D eigenvalue weighted by atomic mass is 10.1. The van der Waals surface area contributed by atoms with Gasteiger partial charge in [0, 0.05) is 18.1 Å². The summed E-state index contributed by atoms with van der Waals surface area (Å²) in [5, 5.41) is 0. The van der Waals surface area contributed by atoms with Crippen LogP contribution in [0.15, 0.2) is 47.1 Å². The van der Waals surface area contributed by atoms with Crippen molar-refractivity contribution in [1.29, 1.82) is 0 Å². The Morgan fingerprint density at radius 2 is 2.19 bits per heavy atom. The van der Waals surface area contributed by atoms with Crippen molar-refractivity contribution in [1.82, 2.24) is 4.90 Å². The first-order chi connectivity index (χ1) is 10.3. The Bertz CT molecular complexity index is 612. The Hall–Kier alpha value is -1.72. The minimum absolute atomic E-state index is 0.0209. The number of hydrogen-bond donors (Lipinski definition) is 1. The molecule has 0 aliphatic carbocycles. The first-order valence-electron chi connectivity index (χ1n) is 7.00. The average molecular weight is 302 g/mol. The van der Waals surface area contributed by atoms with Gasteiger partial charge in [0.2, 0.25) is 0 Å². The predicted molar refractivity (Wildman–Crippen MR) is 84.1 cm³/mol. The summed E-state index contributed by atoms with van der Waals surface area (Å²) in [6.07, 6.45) is 1.51. The van der Waals surface area contributed by atoms with Crippen molar-refractivity contribution in [2.24, 2.45) is 5.73 Å². The fraction of sp³-hybridized carbons (Fsp3) is 0.312. The molecule has 0 bridgehead atoms. The van der Waals surface area contributed by atoms with Gasteiger partial charge in [-0.15, -0.1) is 0 Å². The topological polar surface area (TPSA) is 59.5 Å². The number of thioether (sulfide) groups is 1. The van der Waals surface area contributed by atoms with Gasteiger partial charge in [0.15, 0.2) is 0 Å². The van der Waals surface area contributed by atoms with Gasteiger partial charge >= 0.3 is 0 Å². The van der Waals surface area contributed by atoms with Crippen molar-refractivity contribution in [3.63, 3.8) is 0 Å². The third kappa shape index (κ3) is 2.99. The molecule has 110 valence electrons. The van der Waals surface area contributed by atoms with Crippen LogP contribution in [0.2, 0.25) is 0 Å². The molecule has 1 aliphatic rings. The molecule has 2 aromatic rings. The monoisotopic (exact) mass is 302 g/mol. The smallest absolute Gasteiger partial charge is 0.257 e. The minimum atomic E-state index is 0.0209. The van der Waals surface area contributed by atoms with Gasteiger partial charge in [-0.3, -0.25) is 4.79 Å². The van der Waals surface area contributed by atoms with Gasteiger partial charge in [-0.25, -0.2) is 0 Å². The SMILES string of the molecule is NCc1cc(C(=O)N2CCSCC2c2ccccc2)co1. The van der Waals surface area contributed by atoms with Gasteiger partial charge < -0.3 is 15.1 Å². The van der Waals surface area contributed by atoms with Crippen LogP contribution in [0.25, 0.3) is 0 Å². The number of rotatable bonds is 3. The molecule has 0 radical (unpaired) electrons. The van der Waals surface area contributed by atoms with Crippen LogP contribution in [-0.4, -0.2) is 28.9 Å². The van der Waals surface area contributed by atoms with Crippen LogP contribution < -0.4 is 5.73 Å². The van der Waals surface area contributed by atoms with Crippen molar-refractivity contribution in [2.45, 2.75) is 12.6 Å². The Morgan fingerprint density at radius 3 is 2.90 bits per heavy atom. The summed E-state index contributed by atoms with van der Waals surface area (Å²) < 4.78 is 5.29. The maximum atomic E-state index is 12.7. The van der Waals surface area contributed by atoms with E-state index in [1.54, 1.807) is 6.07 Å². The van der Waals surface area contributed by atoms with Gasteiger partial charge in [-0.2, -0.15) is 11.8 Å².